The van der Waals surface area contributed by atoms with E-state index < -0.39 is 14.8 Å². The third kappa shape index (κ3) is 7.67. The first kappa shape index (κ1) is 36.6. The van der Waals surface area contributed by atoms with Crippen LogP contribution in [0.4, 0.5) is 17.1 Å². The zero-order valence-electron chi connectivity index (χ0n) is 26.3. The van der Waals surface area contributed by atoms with Crippen LogP contribution in [0.2, 0.25) is 20.1 Å². The minimum atomic E-state index is -0.526. The molecule has 0 N–H and O–H groups in total. The van der Waals surface area contributed by atoms with Crippen LogP contribution in [-0.4, -0.2) is 14.8 Å². The van der Waals surface area contributed by atoms with E-state index in [2.05, 4.69) is 0 Å². The number of fused-ring (bicyclic) bond motifs is 2. The quantitative estimate of drug-likeness (QED) is 0.116. The summed E-state index contributed by atoms with van der Waals surface area (Å²) in [6.07, 6.45) is 0. The number of non-ortho nitro benzene ring substituents is 3. The van der Waals surface area contributed by atoms with Crippen LogP contribution in [0, 0.1) is 30.3 Å². The van der Waals surface area contributed by atoms with Gasteiger partial charge in [-0.2, -0.15) is 0 Å². The summed E-state index contributed by atoms with van der Waals surface area (Å²) in [5, 5.41) is 38.0. The van der Waals surface area contributed by atoms with E-state index >= 15 is 0 Å². The SMILES string of the molecule is O=[N+]([O-])c1ccc(-c2ccc3ccccc3c2Sc2c(-c3ccc([N+](=O)[O-])cc3Cl)ccc3ccccc23)c(Cl)c1.O=[N+]([O-])c1ccc(Cl)c(Cl)c1. The van der Waals surface area contributed by atoms with Crippen LogP contribution in [0.25, 0.3) is 43.8 Å². The molecule has 0 aliphatic heterocycles. The summed E-state index contributed by atoms with van der Waals surface area (Å²) >= 11 is 25.9. The van der Waals surface area contributed by atoms with Gasteiger partial charge in [0.1, 0.15) is 0 Å². The van der Waals surface area contributed by atoms with Gasteiger partial charge in [-0.25, -0.2) is 0 Å². The lowest BCUT2D eigenvalue weighted by Crippen LogP contribution is -1.93. The second-order valence-corrected chi connectivity index (χ2v) is 13.8. The van der Waals surface area contributed by atoms with Gasteiger partial charge in [-0.05, 0) is 50.9 Å². The number of benzene rings is 7. The molecule has 258 valence electrons. The Morgan fingerprint density at radius 2 is 0.769 bits per heavy atom. The van der Waals surface area contributed by atoms with Crippen molar-refractivity contribution >= 4 is 96.8 Å². The largest absolute Gasteiger partial charge is 0.271 e. The van der Waals surface area contributed by atoms with E-state index in [1.165, 1.54) is 42.5 Å². The Kier molecular flexibility index (Phi) is 10.9. The average molecular weight is 789 g/mol. The van der Waals surface area contributed by atoms with Gasteiger partial charge in [-0.3, -0.25) is 30.3 Å². The van der Waals surface area contributed by atoms with Crippen molar-refractivity contribution in [2.45, 2.75) is 9.79 Å². The van der Waals surface area contributed by atoms with E-state index in [1.807, 2.05) is 72.8 Å². The second kappa shape index (κ2) is 15.6. The molecule has 0 aromatic heterocycles. The third-order valence-corrected chi connectivity index (χ3v) is 10.6. The topological polar surface area (TPSA) is 129 Å². The molecule has 0 saturated heterocycles. The van der Waals surface area contributed by atoms with Crippen LogP contribution in [0.15, 0.2) is 137 Å². The van der Waals surface area contributed by atoms with Crippen LogP contribution >= 0.6 is 58.2 Å². The normalized spacial score (nSPS) is 10.8. The van der Waals surface area contributed by atoms with Crippen molar-refractivity contribution in [3.05, 3.63) is 178 Å². The first-order chi connectivity index (χ1) is 24.9. The minimum Gasteiger partial charge on any atom is -0.258 e. The van der Waals surface area contributed by atoms with Gasteiger partial charge >= 0.3 is 0 Å². The maximum absolute atomic E-state index is 11.4. The van der Waals surface area contributed by atoms with E-state index in [4.69, 9.17) is 46.4 Å². The molecule has 0 bridgehead atoms. The molecule has 0 atom stereocenters. The second-order valence-electron chi connectivity index (χ2n) is 11.1. The fraction of sp³-hybridized carbons (Fsp3) is 0. The number of hydrogen-bond donors (Lipinski definition) is 0. The zero-order chi connectivity index (χ0) is 37.1. The highest BCUT2D eigenvalue weighted by atomic mass is 35.5. The Balaban J connectivity index is 0.000000362. The molecule has 7 aromatic rings. The molecule has 52 heavy (non-hydrogen) atoms. The highest BCUT2D eigenvalue weighted by Gasteiger charge is 2.21. The van der Waals surface area contributed by atoms with Crippen LogP contribution in [-0.2, 0) is 0 Å². The highest BCUT2D eigenvalue weighted by molar-refractivity contribution is 8.00. The summed E-state index contributed by atoms with van der Waals surface area (Å²) in [6.45, 7) is 0. The summed E-state index contributed by atoms with van der Waals surface area (Å²) in [4.78, 5) is 33.2. The first-order valence-electron chi connectivity index (χ1n) is 15.1. The van der Waals surface area contributed by atoms with Gasteiger partial charge in [0.25, 0.3) is 17.1 Å². The predicted octanol–water partition coefficient (Wildman–Crippen LogP) is 13.5. The molecule has 0 saturated carbocycles. The minimum absolute atomic E-state index is 0.0561. The van der Waals surface area contributed by atoms with Crippen molar-refractivity contribution in [3.63, 3.8) is 0 Å². The standard InChI is InChI=1S/C32H18Cl2N2O4S.C6H3Cl2NO2/c33-29-17-21(35(37)38)11-15-25(29)27-13-9-19-5-1-3-7-23(19)31(27)41-32-24-8-4-2-6-20(24)10-14-28(32)26-16-12-22(36(39)40)18-30(26)34;7-5-2-1-4(9(10)11)3-6(5)8/h1-18H;1-3H. The highest BCUT2D eigenvalue weighted by Crippen LogP contribution is 2.49. The number of nitro groups is 3. The summed E-state index contributed by atoms with van der Waals surface area (Å²) in [7, 11) is 0. The Morgan fingerprint density at radius 1 is 0.404 bits per heavy atom. The number of hydrogen-bond acceptors (Lipinski definition) is 7. The summed E-state index contributed by atoms with van der Waals surface area (Å²) < 4.78 is 0. The van der Waals surface area contributed by atoms with E-state index in [1.54, 1.807) is 23.9 Å². The molecule has 7 aromatic carbocycles. The van der Waals surface area contributed by atoms with Crippen molar-refractivity contribution < 1.29 is 14.8 Å². The van der Waals surface area contributed by atoms with Crippen molar-refractivity contribution in [1.82, 2.24) is 0 Å². The molecular weight excluding hydrogens is 768 g/mol. The van der Waals surface area contributed by atoms with Crippen LogP contribution in [0.5, 0.6) is 0 Å². The van der Waals surface area contributed by atoms with Gasteiger partial charge in [0.2, 0.25) is 0 Å². The van der Waals surface area contributed by atoms with Gasteiger partial charge in [0.05, 0.1) is 34.9 Å². The smallest absolute Gasteiger partial charge is 0.258 e. The average Bonchev–Trinajstić information content (AvgIpc) is 3.13. The van der Waals surface area contributed by atoms with Gasteiger partial charge in [0.15, 0.2) is 0 Å². The maximum atomic E-state index is 11.4. The predicted molar refractivity (Wildman–Crippen MR) is 209 cm³/mol. The molecule has 0 spiro atoms. The van der Waals surface area contributed by atoms with Gasteiger partial charge < -0.3 is 0 Å². The van der Waals surface area contributed by atoms with Crippen molar-refractivity contribution in [2.24, 2.45) is 0 Å². The van der Waals surface area contributed by atoms with Crippen LogP contribution in [0.1, 0.15) is 0 Å². The first-order valence-corrected chi connectivity index (χ1v) is 17.4. The van der Waals surface area contributed by atoms with E-state index in [9.17, 15) is 30.3 Å². The van der Waals surface area contributed by atoms with E-state index in [0.29, 0.717) is 16.1 Å². The summed E-state index contributed by atoms with van der Waals surface area (Å²) in [5.74, 6) is 0. The Bertz CT molecular complexity index is 2420. The molecule has 9 nitrogen and oxygen atoms in total. The van der Waals surface area contributed by atoms with Crippen molar-refractivity contribution in [3.8, 4) is 22.3 Å². The van der Waals surface area contributed by atoms with Gasteiger partial charge in [0, 0.05) is 57.3 Å². The Morgan fingerprint density at radius 3 is 1.15 bits per heavy atom. The van der Waals surface area contributed by atoms with E-state index in [0.717, 1.165) is 42.5 Å². The number of nitro benzene ring substituents is 3. The van der Waals surface area contributed by atoms with Gasteiger partial charge in [-0.15, -0.1) is 0 Å². The molecule has 0 amide bonds. The van der Waals surface area contributed by atoms with Crippen molar-refractivity contribution in [1.29, 1.82) is 0 Å². The summed E-state index contributed by atoms with van der Waals surface area (Å²) in [5.41, 5.74) is 2.75. The fourth-order valence-corrected chi connectivity index (χ4v) is 7.72. The lowest BCUT2D eigenvalue weighted by atomic mass is 10.0. The number of nitrogens with zero attached hydrogens (tertiary/aromatic N) is 3. The lowest BCUT2D eigenvalue weighted by Gasteiger charge is -2.18. The molecule has 14 heteroatoms. The van der Waals surface area contributed by atoms with Crippen LogP contribution < -0.4 is 0 Å². The molecule has 7 rings (SSSR count). The van der Waals surface area contributed by atoms with Crippen LogP contribution in [0.3, 0.4) is 0 Å². The molecule has 0 fully saturated rings. The summed E-state index contributed by atoms with van der Waals surface area (Å²) in [6, 6.07) is 36.8. The van der Waals surface area contributed by atoms with Gasteiger partial charge in [-0.1, -0.05) is 131 Å². The zero-order valence-corrected chi connectivity index (χ0v) is 30.2. The maximum Gasteiger partial charge on any atom is 0.271 e. The van der Waals surface area contributed by atoms with E-state index in [-0.39, 0.29) is 32.1 Å². The molecule has 0 radical (unpaired) electrons. The van der Waals surface area contributed by atoms with Crippen molar-refractivity contribution in [2.75, 3.05) is 0 Å². The molecule has 0 aliphatic rings. The molecule has 0 unspecified atom stereocenters. The number of rotatable bonds is 7. The Hall–Kier alpha value is -5.23. The fourth-order valence-electron chi connectivity index (χ4n) is 5.50. The molecule has 0 heterocycles. The molecule has 0 aliphatic carbocycles. The Labute approximate surface area is 319 Å². The molecular formula is C38H21Cl4N3O6S. The third-order valence-electron chi connectivity index (χ3n) is 7.98. The lowest BCUT2D eigenvalue weighted by molar-refractivity contribution is -0.385. The monoisotopic (exact) mass is 787 g/mol. The number of halogens is 4.